The van der Waals surface area contributed by atoms with Crippen molar-refractivity contribution in [2.45, 2.75) is 6.10 Å². The minimum atomic E-state index is -0.254. The molecule has 1 aromatic carbocycles. The van der Waals surface area contributed by atoms with E-state index in [-0.39, 0.29) is 12.0 Å². The van der Waals surface area contributed by atoms with Gasteiger partial charge in [-0.3, -0.25) is 4.79 Å². The van der Waals surface area contributed by atoms with Crippen molar-refractivity contribution in [3.8, 4) is 0 Å². The Bertz CT molecular complexity index is 856. The molecule has 6 heteroatoms. The van der Waals surface area contributed by atoms with Crippen LogP contribution in [0.1, 0.15) is 22.3 Å². The molecule has 1 atom stereocenters. The molecule has 1 amide bonds. The second-order valence-electron chi connectivity index (χ2n) is 5.87. The molecule has 0 radical (unpaired) electrons. The van der Waals surface area contributed by atoms with E-state index >= 15 is 0 Å². The predicted octanol–water partition coefficient (Wildman–Crippen LogP) is 2.36. The highest BCUT2D eigenvalue weighted by Crippen LogP contribution is 2.23. The Balaban J connectivity index is 1.56. The standard InChI is InChI=1S/C18H18N4O2/c19-17-7-3-6-14(21-17)16-11-22(8-9-24-16)18(23)15-10-12-4-1-2-5-13(12)20-15/h1-7,10,16,20H,8-9,11H2,(H2,19,21)/t16-/m0/s1. The summed E-state index contributed by atoms with van der Waals surface area (Å²) in [5.74, 6) is 0.429. The third kappa shape index (κ3) is 2.72. The zero-order chi connectivity index (χ0) is 16.5. The van der Waals surface area contributed by atoms with Crippen LogP contribution in [0.3, 0.4) is 0 Å². The van der Waals surface area contributed by atoms with E-state index in [2.05, 4.69) is 9.97 Å². The number of morpholine rings is 1. The smallest absolute Gasteiger partial charge is 0.270 e. The molecule has 0 unspecified atom stereocenters. The highest BCUT2D eigenvalue weighted by molar-refractivity contribution is 5.98. The normalized spacial score (nSPS) is 18.0. The molecule has 2 aromatic heterocycles. The van der Waals surface area contributed by atoms with Gasteiger partial charge < -0.3 is 20.4 Å². The summed E-state index contributed by atoms with van der Waals surface area (Å²) in [5, 5.41) is 1.03. The number of benzene rings is 1. The number of fused-ring (bicyclic) bond motifs is 1. The van der Waals surface area contributed by atoms with Gasteiger partial charge in [0.05, 0.1) is 18.8 Å². The average molecular weight is 322 g/mol. The topological polar surface area (TPSA) is 84.2 Å². The third-order valence-corrected chi connectivity index (χ3v) is 4.24. The first kappa shape index (κ1) is 14.7. The number of amides is 1. The maximum atomic E-state index is 12.8. The largest absolute Gasteiger partial charge is 0.384 e. The zero-order valence-electron chi connectivity index (χ0n) is 13.1. The first-order valence-electron chi connectivity index (χ1n) is 7.92. The number of carbonyl (C=O) groups is 1. The molecule has 0 spiro atoms. The molecule has 122 valence electrons. The number of para-hydroxylation sites is 1. The maximum Gasteiger partial charge on any atom is 0.270 e. The average Bonchev–Trinajstić information content (AvgIpc) is 3.05. The Morgan fingerprint density at radius 3 is 2.96 bits per heavy atom. The van der Waals surface area contributed by atoms with Gasteiger partial charge in [0.2, 0.25) is 0 Å². The number of aromatic amines is 1. The first-order valence-corrected chi connectivity index (χ1v) is 7.92. The van der Waals surface area contributed by atoms with E-state index in [1.54, 1.807) is 11.0 Å². The predicted molar refractivity (Wildman–Crippen MR) is 91.5 cm³/mol. The number of nitrogen functional groups attached to an aromatic ring is 1. The molecule has 1 aliphatic heterocycles. The lowest BCUT2D eigenvalue weighted by Gasteiger charge is -2.32. The van der Waals surface area contributed by atoms with E-state index in [0.29, 0.717) is 31.2 Å². The number of carbonyl (C=O) groups excluding carboxylic acids is 1. The van der Waals surface area contributed by atoms with Crippen LogP contribution >= 0.6 is 0 Å². The van der Waals surface area contributed by atoms with Crippen LogP contribution in [-0.4, -0.2) is 40.5 Å². The molecule has 3 heterocycles. The van der Waals surface area contributed by atoms with Crippen LogP contribution in [0.15, 0.2) is 48.5 Å². The lowest BCUT2D eigenvalue weighted by molar-refractivity contribution is -0.0248. The van der Waals surface area contributed by atoms with Crippen LogP contribution in [0.5, 0.6) is 0 Å². The van der Waals surface area contributed by atoms with Crippen LogP contribution in [0.2, 0.25) is 0 Å². The zero-order valence-corrected chi connectivity index (χ0v) is 13.1. The second-order valence-corrected chi connectivity index (χ2v) is 5.87. The molecule has 3 aromatic rings. The molecule has 1 fully saturated rings. The van der Waals surface area contributed by atoms with E-state index in [9.17, 15) is 4.79 Å². The fraction of sp³-hybridized carbons (Fsp3) is 0.222. The van der Waals surface area contributed by atoms with E-state index in [1.807, 2.05) is 42.5 Å². The number of nitrogens with one attached hydrogen (secondary N) is 1. The lowest BCUT2D eigenvalue weighted by atomic mass is 10.1. The lowest BCUT2D eigenvalue weighted by Crippen LogP contribution is -2.42. The van der Waals surface area contributed by atoms with Crippen molar-refractivity contribution in [2.75, 3.05) is 25.4 Å². The summed E-state index contributed by atoms with van der Waals surface area (Å²) in [7, 11) is 0. The maximum absolute atomic E-state index is 12.8. The summed E-state index contributed by atoms with van der Waals surface area (Å²) in [5.41, 5.74) is 8.05. The van der Waals surface area contributed by atoms with Gasteiger partial charge in [-0.1, -0.05) is 24.3 Å². The van der Waals surface area contributed by atoms with Crippen LogP contribution < -0.4 is 5.73 Å². The van der Waals surface area contributed by atoms with Crippen molar-refractivity contribution < 1.29 is 9.53 Å². The number of hydrogen-bond acceptors (Lipinski definition) is 4. The number of nitrogens with zero attached hydrogens (tertiary/aromatic N) is 2. The first-order chi connectivity index (χ1) is 11.7. The van der Waals surface area contributed by atoms with Crippen molar-refractivity contribution in [2.24, 2.45) is 0 Å². The van der Waals surface area contributed by atoms with E-state index < -0.39 is 0 Å². The Morgan fingerprint density at radius 2 is 2.12 bits per heavy atom. The monoisotopic (exact) mass is 322 g/mol. The van der Waals surface area contributed by atoms with Crippen molar-refractivity contribution in [1.29, 1.82) is 0 Å². The molecule has 1 saturated heterocycles. The SMILES string of the molecule is Nc1cccc([C@@H]2CN(C(=O)c3cc4ccccc4[nH]3)CCO2)n1. The van der Waals surface area contributed by atoms with Gasteiger partial charge in [-0.2, -0.15) is 0 Å². The molecule has 6 nitrogen and oxygen atoms in total. The van der Waals surface area contributed by atoms with E-state index in [1.165, 1.54) is 0 Å². The van der Waals surface area contributed by atoms with Gasteiger partial charge in [0.1, 0.15) is 17.6 Å². The van der Waals surface area contributed by atoms with Gasteiger partial charge >= 0.3 is 0 Å². The summed E-state index contributed by atoms with van der Waals surface area (Å²) >= 11 is 0. The summed E-state index contributed by atoms with van der Waals surface area (Å²) < 4.78 is 5.77. The van der Waals surface area contributed by atoms with Gasteiger partial charge in [0, 0.05) is 17.4 Å². The van der Waals surface area contributed by atoms with Crippen molar-refractivity contribution in [3.05, 3.63) is 59.9 Å². The molecule has 24 heavy (non-hydrogen) atoms. The Labute approximate surface area is 139 Å². The second kappa shape index (κ2) is 5.98. The fourth-order valence-corrected chi connectivity index (χ4v) is 3.02. The number of H-pyrrole nitrogens is 1. The molecule has 4 rings (SSSR count). The van der Waals surface area contributed by atoms with Crippen molar-refractivity contribution in [3.63, 3.8) is 0 Å². The van der Waals surface area contributed by atoms with Crippen LogP contribution in [0.25, 0.3) is 10.9 Å². The summed E-state index contributed by atoms with van der Waals surface area (Å²) in [6.07, 6.45) is -0.254. The molecule has 0 bridgehead atoms. The Hall–Kier alpha value is -2.86. The van der Waals surface area contributed by atoms with Gasteiger partial charge in [0.15, 0.2) is 0 Å². The molecule has 0 aliphatic carbocycles. The summed E-state index contributed by atoms with van der Waals surface area (Å²) in [6.45, 7) is 1.50. The molecular formula is C18H18N4O2. The highest BCUT2D eigenvalue weighted by atomic mass is 16.5. The van der Waals surface area contributed by atoms with Crippen LogP contribution in [0.4, 0.5) is 5.82 Å². The van der Waals surface area contributed by atoms with Crippen molar-refractivity contribution in [1.82, 2.24) is 14.9 Å². The van der Waals surface area contributed by atoms with Crippen LogP contribution in [-0.2, 0) is 4.74 Å². The van der Waals surface area contributed by atoms with Gasteiger partial charge in [-0.15, -0.1) is 0 Å². The van der Waals surface area contributed by atoms with Gasteiger partial charge in [0.25, 0.3) is 5.91 Å². The summed E-state index contributed by atoms with van der Waals surface area (Å²) in [4.78, 5) is 22.1. The number of hydrogen-bond donors (Lipinski definition) is 2. The fourth-order valence-electron chi connectivity index (χ4n) is 3.02. The number of anilines is 1. The van der Waals surface area contributed by atoms with Crippen LogP contribution in [0, 0.1) is 0 Å². The Morgan fingerprint density at radius 1 is 1.25 bits per heavy atom. The number of aromatic nitrogens is 2. The number of ether oxygens (including phenoxy) is 1. The minimum Gasteiger partial charge on any atom is -0.384 e. The molecule has 3 N–H and O–H groups in total. The highest BCUT2D eigenvalue weighted by Gasteiger charge is 2.27. The Kier molecular flexibility index (Phi) is 3.66. The number of pyridine rings is 1. The van der Waals surface area contributed by atoms with Crippen molar-refractivity contribution >= 4 is 22.6 Å². The minimum absolute atomic E-state index is 0.0246. The van der Waals surface area contributed by atoms with Gasteiger partial charge in [-0.25, -0.2) is 4.98 Å². The molecular weight excluding hydrogens is 304 g/mol. The molecule has 1 aliphatic rings. The van der Waals surface area contributed by atoms with E-state index in [4.69, 9.17) is 10.5 Å². The quantitative estimate of drug-likeness (QED) is 0.758. The number of nitrogens with two attached hydrogens (primary N) is 1. The molecule has 0 saturated carbocycles. The third-order valence-electron chi connectivity index (χ3n) is 4.24. The van der Waals surface area contributed by atoms with Gasteiger partial charge in [-0.05, 0) is 24.3 Å². The number of rotatable bonds is 2. The summed E-state index contributed by atoms with van der Waals surface area (Å²) in [6, 6.07) is 15.2. The van der Waals surface area contributed by atoms with E-state index in [0.717, 1.165) is 16.6 Å².